The predicted octanol–water partition coefficient (Wildman–Crippen LogP) is 3.02. The van der Waals surface area contributed by atoms with Crippen LogP contribution in [0.15, 0.2) is 34.9 Å². The lowest BCUT2D eigenvalue weighted by molar-refractivity contribution is 0.820. The molecule has 14 heavy (non-hydrogen) atoms. The standard InChI is InChI=1S/C11H11BrN2/c1-7(13)8-2-3-11-9(4-8)5-10(12)6-14-11/h2-7H,13H2,1H3/t7-/m1/s1. The van der Waals surface area contributed by atoms with Gasteiger partial charge in [-0.05, 0) is 46.6 Å². The van der Waals surface area contributed by atoms with Crippen LogP contribution >= 0.6 is 15.9 Å². The van der Waals surface area contributed by atoms with E-state index in [0.717, 1.165) is 20.9 Å². The van der Waals surface area contributed by atoms with Gasteiger partial charge < -0.3 is 5.73 Å². The van der Waals surface area contributed by atoms with Gasteiger partial charge in [0.25, 0.3) is 0 Å². The number of halogens is 1. The first-order chi connectivity index (χ1) is 6.66. The molecule has 3 heteroatoms. The summed E-state index contributed by atoms with van der Waals surface area (Å²) in [6, 6.07) is 8.22. The Hall–Kier alpha value is -0.930. The van der Waals surface area contributed by atoms with Crippen LogP contribution < -0.4 is 5.73 Å². The molecule has 2 nitrogen and oxygen atoms in total. The molecule has 0 aliphatic heterocycles. The van der Waals surface area contributed by atoms with Crippen molar-refractivity contribution in [2.24, 2.45) is 5.73 Å². The van der Waals surface area contributed by atoms with Crippen LogP contribution in [0, 0.1) is 0 Å². The zero-order valence-electron chi connectivity index (χ0n) is 7.87. The van der Waals surface area contributed by atoms with Crippen molar-refractivity contribution in [2.45, 2.75) is 13.0 Å². The minimum absolute atomic E-state index is 0.0679. The van der Waals surface area contributed by atoms with Crippen molar-refractivity contribution in [3.63, 3.8) is 0 Å². The normalized spacial score (nSPS) is 13.1. The van der Waals surface area contributed by atoms with Gasteiger partial charge in [-0.2, -0.15) is 0 Å². The number of benzene rings is 1. The van der Waals surface area contributed by atoms with E-state index in [0.29, 0.717) is 0 Å². The minimum atomic E-state index is 0.0679. The summed E-state index contributed by atoms with van der Waals surface area (Å²) in [5.74, 6) is 0. The van der Waals surface area contributed by atoms with Gasteiger partial charge in [0.05, 0.1) is 5.52 Å². The SMILES string of the molecule is C[C@@H](N)c1ccc2ncc(Br)cc2c1. The fraction of sp³-hybridized carbons (Fsp3) is 0.182. The second-order valence-corrected chi connectivity index (χ2v) is 4.31. The van der Waals surface area contributed by atoms with Crippen molar-refractivity contribution in [1.29, 1.82) is 0 Å². The first kappa shape index (κ1) is 9.62. The maximum atomic E-state index is 5.81. The molecule has 0 amide bonds. The number of fused-ring (bicyclic) bond motifs is 1. The first-order valence-corrected chi connectivity index (χ1v) is 5.27. The molecule has 1 aromatic heterocycles. The number of hydrogen-bond acceptors (Lipinski definition) is 2. The monoisotopic (exact) mass is 250 g/mol. The average molecular weight is 251 g/mol. The summed E-state index contributed by atoms with van der Waals surface area (Å²) in [4.78, 5) is 4.29. The lowest BCUT2D eigenvalue weighted by atomic mass is 10.1. The quantitative estimate of drug-likeness (QED) is 0.846. The van der Waals surface area contributed by atoms with Gasteiger partial charge in [0.15, 0.2) is 0 Å². The van der Waals surface area contributed by atoms with E-state index in [4.69, 9.17) is 5.73 Å². The summed E-state index contributed by atoms with van der Waals surface area (Å²) in [5.41, 5.74) is 7.94. The van der Waals surface area contributed by atoms with Gasteiger partial charge in [-0.1, -0.05) is 6.07 Å². The second kappa shape index (κ2) is 3.67. The Kier molecular flexibility index (Phi) is 2.52. The van der Waals surface area contributed by atoms with E-state index in [2.05, 4.69) is 27.0 Å². The molecule has 0 saturated heterocycles. The Balaban J connectivity index is 2.63. The Labute approximate surface area is 91.3 Å². The predicted molar refractivity (Wildman–Crippen MR) is 62.0 cm³/mol. The van der Waals surface area contributed by atoms with Crippen LogP contribution in [-0.2, 0) is 0 Å². The molecule has 0 radical (unpaired) electrons. The maximum Gasteiger partial charge on any atom is 0.0703 e. The Morgan fingerprint density at radius 1 is 1.36 bits per heavy atom. The Bertz CT molecular complexity index is 466. The van der Waals surface area contributed by atoms with Crippen molar-refractivity contribution in [3.05, 3.63) is 40.5 Å². The van der Waals surface area contributed by atoms with Gasteiger partial charge in [0, 0.05) is 22.1 Å². The molecular weight excluding hydrogens is 240 g/mol. The highest BCUT2D eigenvalue weighted by atomic mass is 79.9. The van der Waals surface area contributed by atoms with Crippen LogP contribution in [0.3, 0.4) is 0 Å². The molecular formula is C11H11BrN2. The van der Waals surface area contributed by atoms with E-state index in [1.807, 2.05) is 25.1 Å². The topological polar surface area (TPSA) is 38.9 Å². The molecule has 0 bridgehead atoms. The summed E-state index contributed by atoms with van der Waals surface area (Å²) >= 11 is 3.40. The second-order valence-electron chi connectivity index (χ2n) is 3.39. The number of pyridine rings is 1. The van der Waals surface area contributed by atoms with Gasteiger partial charge in [-0.25, -0.2) is 0 Å². The minimum Gasteiger partial charge on any atom is -0.324 e. The van der Waals surface area contributed by atoms with Gasteiger partial charge in [-0.3, -0.25) is 4.98 Å². The maximum absolute atomic E-state index is 5.81. The van der Waals surface area contributed by atoms with E-state index >= 15 is 0 Å². The van der Waals surface area contributed by atoms with Gasteiger partial charge >= 0.3 is 0 Å². The molecule has 1 atom stereocenters. The van der Waals surface area contributed by atoms with E-state index in [1.54, 1.807) is 6.20 Å². The summed E-state index contributed by atoms with van der Waals surface area (Å²) in [7, 11) is 0. The van der Waals surface area contributed by atoms with Crippen LogP contribution in [0.4, 0.5) is 0 Å². The Morgan fingerprint density at radius 3 is 2.86 bits per heavy atom. The van der Waals surface area contributed by atoms with Crippen LogP contribution in [0.2, 0.25) is 0 Å². The third-order valence-corrected chi connectivity index (χ3v) is 2.63. The zero-order valence-corrected chi connectivity index (χ0v) is 9.45. The largest absolute Gasteiger partial charge is 0.324 e. The van der Waals surface area contributed by atoms with Gasteiger partial charge in [-0.15, -0.1) is 0 Å². The lowest BCUT2D eigenvalue weighted by Crippen LogP contribution is -2.04. The Morgan fingerprint density at radius 2 is 2.14 bits per heavy atom. The summed E-state index contributed by atoms with van der Waals surface area (Å²) in [6.07, 6.45) is 1.80. The molecule has 1 heterocycles. The van der Waals surface area contributed by atoms with Crippen LogP contribution in [0.1, 0.15) is 18.5 Å². The molecule has 2 N–H and O–H groups in total. The molecule has 0 aliphatic carbocycles. The summed E-state index contributed by atoms with van der Waals surface area (Å²) < 4.78 is 0.992. The van der Waals surface area contributed by atoms with E-state index < -0.39 is 0 Å². The highest BCUT2D eigenvalue weighted by Gasteiger charge is 2.01. The third kappa shape index (κ3) is 1.79. The van der Waals surface area contributed by atoms with Crippen LogP contribution in [0.5, 0.6) is 0 Å². The summed E-state index contributed by atoms with van der Waals surface area (Å²) in [6.45, 7) is 1.98. The first-order valence-electron chi connectivity index (χ1n) is 4.47. The van der Waals surface area contributed by atoms with Gasteiger partial charge in [0.1, 0.15) is 0 Å². The molecule has 0 aliphatic rings. The molecule has 0 fully saturated rings. The molecule has 0 spiro atoms. The third-order valence-electron chi connectivity index (χ3n) is 2.20. The van der Waals surface area contributed by atoms with Crippen molar-refractivity contribution >= 4 is 26.8 Å². The fourth-order valence-electron chi connectivity index (χ4n) is 1.41. The zero-order chi connectivity index (χ0) is 10.1. The van der Waals surface area contributed by atoms with Crippen molar-refractivity contribution in [3.8, 4) is 0 Å². The molecule has 2 aromatic rings. The number of rotatable bonds is 1. The number of nitrogens with zero attached hydrogens (tertiary/aromatic N) is 1. The van der Waals surface area contributed by atoms with E-state index in [9.17, 15) is 0 Å². The number of aromatic nitrogens is 1. The van der Waals surface area contributed by atoms with E-state index in [1.165, 1.54) is 0 Å². The van der Waals surface area contributed by atoms with Crippen molar-refractivity contribution in [2.75, 3.05) is 0 Å². The van der Waals surface area contributed by atoms with Crippen molar-refractivity contribution < 1.29 is 0 Å². The van der Waals surface area contributed by atoms with E-state index in [-0.39, 0.29) is 6.04 Å². The molecule has 0 unspecified atom stereocenters. The lowest BCUT2D eigenvalue weighted by Gasteiger charge is -2.06. The average Bonchev–Trinajstić information content (AvgIpc) is 2.16. The van der Waals surface area contributed by atoms with Crippen molar-refractivity contribution in [1.82, 2.24) is 4.98 Å². The smallest absolute Gasteiger partial charge is 0.0703 e. The summed E-state index contributed by atoms with van der Waals surface area (Å²) in [5, 5.41) is 1.12. The molecule has 2 rings (SSSR count). The highest BCUT2D eigenvalue weighted by molar-refractivity contribution is 9.10. The highest BCUT2D eigenvalue weighted by Crippen LogP contribution is 2.20. The van der Waals surface area contributed by atoms with Gasteiger partial charge in [0.2, 0.25) is 0 Å². The number of nitrogens with two attached hydrogens (primary N) is 1. The molecule has 0 saturated carbocycles. The molecule has 1 aromatic carbocycles. The number of hydrogen-bond donors (Lipinski definition) is 1. The fourth-order valence-corrected chi connectivity index (χ4v) is 1.76. The van der Waals surface area contributed by atoms with Crippen LogP contribution in [0.25, 0.3) is 10.9 Å². The van der Waals surface area contributed by atoms with Crippen LogP contribution in [-0.4, -0.2) is 4.98 Å². The molecule has 72 valence electrons.